The van der Waals surface area contributed by atoms with E-state index in [0.29, 0.717) is 31.9 Å². The third-order valence-corrected chi connectivity index (χ3v) is 5.22. The molecule has 8 nitrogen and oxygen atoms in total. The van der Waals surface area contributed by atoms with E-state index in [0.717, 1.165) is 0 Å². The maximum Gasteiger partial charge on any atom is 0.305 e. The van der Waals surface area contributed by atoms with Crippen molar-refractivity contribution in [1.82, 2.24) is 4.31 Å². The third kappa shape index (κ3) is 4.53. The molecule has 0 aromatic heterocycles. The van der Waals surface area contributed by atoms with Gasteiger partial charge in [0, 0.05) is 32.5 Å². The van der Waals surface area contributed by atoms with Crippen LogP contribution in [0.25, 0.3) is 0 Å². The summed E-state index contributed by atoms with van der Waals surface area (Å²) in [5, 5.41) is 0. The van der Waals surface area contributed by atoms with E-state index in [-0.39, 0.29) is 4.90 Å². The third-order valence-electron chi connectivity index (χ3n) is 3.31. The van der Waals surface area contributed by atoms with Crippen LogP contribution in [-0.4, -0.2) is 51.0 Å². The second-order valence-corrected chi connectivity index (χ2v) is 7.07. The number of rotatable bonds is 5. The van der Waals surface area contributed by atoms with Crippen molar-refractivity contribution in [3.63, 3.8) is 0 Å². The number of carbonyl (C=O) groups excluding carboxylic acids is 2. The molecule has 1 heterocycles. The average molecular weight is 357 g/mol. The first-order valence-electron chi connectivity index (χ1n) is 7.33. The molecular formula is C15H19NO7S. The van der Waals surface area contributed by atoms with Crippen LogP contribution in [0.3, 0.4) is 0 Å². The van der Waals surface area contributed by atoms with Gasteiger partial charge in [0.2, 0.25) is 10.0 Å². The van der Waals surface area contributed by atoms with Gasteiger partial charge >= 0.3 is 11.9 Å². The number of hydrogen-bond acceptors (Lipinski definition) is 7. The predicted octanol–water partition coefficient (Wildman–Crippen LogP) is 0.832. The van der Waals surface area contributed by atoms with Crippen molar-refractivity contribution >= 4 is 22.0 Å². The largest absolute Gasteiger partial charge is 0.421 e. The van der Waals surface area contributed by atoms with Crippen LogP contribution in [0.4, 0.5) is 0 Å². The first-order chi connectivity index (χ1) is 11.3. The standard InChI is InChI=1S/C15H19NO7S/c1-11(17)22-15(23-12(2)18)13-3-5-14(6-4-13)24(19,20)16-7-9-21-10-8-16/h3-6,15H,7-10H2,1-2H3. The Labute approximate surface area is 140 Å². The van der Waals surface area contributed by atoms with Gasteiger partial charge < -0.3 is 14.2 Å². The molecule has 0 unspecified atom stereocenters. The summed E-state index contributed by atoms with van der Waals surface area (Å²) in [6.07, 6.45) is -1.21. The lowest BCUT2D eigenvalue weighted by atomic mass is 10.2. The molecule has 0 radical (unpaired) electrons. The zero-order valence-electron chi connectivity index (χ0n) is 13.4. The van der Waals surface area contributed by atoms with Crippen LogP contribution in [0.2, 0.25) is 0 Å². The fraction of sp³-hybridized carbons (Fsp3) is 0.467. The van der Waals surface area contributed by atoms with Gasteiger partial charge in [-0.25, -0.2) is 8.42 Å². The van der Waals surface area contributed by atoms with Gasteiger partial charge in [-0.05, 0) is 12.1 Å². The molecule has 0 aliphatic carbocycles. The number of hydrogen-bond donors (Lipinski definition) is 0. The minimum atomic E-state index is -3.61. The number of ether oxygens (including phenoxy) is 3. The highest BCUT2D eigenvalue weighted by Crippen LogP contribution is 2.23. The molecule has 1 aliphatic rings. The van der Waals surface area contributed by atoms with Gasteiger partial charge in [-0.3, -0.25) is 9.59 Å². The van der Waals surface area contributed by atoms with Crippen molar-refractivity contribution in [3.05, 3.63) is 29.8 Å². The second-order valence-electron chi connectivity index (χ2n) is 5.14. The van der Waals surface area contributed by atoms with Gasteiger partial charge in [-0.1, -0.05) is 12.1 Å². The maximum atomic E-state index is 12.5. The maximum absolute atomic E-state index is 12.5. The number of morpholine rings is 1. The topological polar surface area (TPSA) is 99.2 Å². The van der Waals surface area contributed by atoms with Gasteiger partial charge in [0.1, 0.15) is 0 Å². The van der Waals surface area contributed by atoms with Crippen LogP contribution in [0, 0.1) is 0 Å². The molecule has 0 spiro atoms. The summed E-state index contributed by atoms with van der Waals surface area (Å²) in [6, 6.07) is 5.67. The smallest absolute Gasteiger partial charge is 0.305 e. The summed E-state index contributed by atoms with van der Waals surface area (Å²) in [7, 11) is -3.61. The molecule has 24 heavy (non-hydrogen) atoms. The molecule has 2 rings (SSSR count). The van der Waals surface area contributed by atoms with E-state index in [1.165, 1.54) is 42.4 Å². The fourth-order valence-electron chi connectivity index (χ4n) is 2.19. The zero-order chi connectivity index (χ0) is 17.7. The van der Waals surface area contributed by atoms with Gasteiger partial charge in [-0.2, -0.15) is 4.31 Å². The van der Waals surface area contributed by atoms with Crippen LogP contribution in [0.1, 0.15) is 25.7 Å². The molecule has 1 saturated heterocycles. The summed E-state index contributed by atoms with van der Waals surface area (Å²) in [5.41, 5.74) is 0.362. The van der Waals surface area contributed by atoms with E-state index in [4.69, 9.17) is 14.2 Å². The fourth-order valence-corrected chi connectivity index (χ4v) is 3.60. The Kier molecular flexibility index (Phi) is 5.92. The Morgan fingerprint density at radius 1 is 1.04 bits per heavy atom. The monoisotopic (exact) mass is 357 g/mol. The lowest BCUT2D eigenvalue weighted by Crippen LogP contribution is -2.40. The molecule has 1 aliphatic heterocycles. The summed E-state index contributed by atoms with van der Waals surface area (Å²) in [6.45, 7) is 3.69. The van der Waals surface area contributed by atoms with Crippen molar-refractivity contribution in [2.75, 3.05) is 26.3 Å². The van der Waals surface area contributed by atoms with Crippen LogP contribution >= 0.6 is 0 Å². The highest BCUT2D eigenvalue weighted by molar-refractivity contribution is 7.89. The summed E-state index contributed by atoms with van der Waals surface area (Å²) in [5.74, 6) is -1.24. The van der Waals surface area contributed by atoms with E-state index in [2.05, 4.69) is 0 Å². The molecule has 1 aromatic rings. The molecule has 0 bridgehead atoms. The highest BCUT2D eigenvalue weighted by atomic mass is 32.2. The van der Waals surface area contributed by atoms with Crippen LogP contribution < -0.4 is 0 Å². The molecule has 0 saturated carbocycles. The van der Waals surface area contributed by atoms with Gasteiger partial charge in [0.05, 0.1) is 18.1 Å². The molecule has 9 heteroatoms. The van der Waals surface area contributed by atoms with Crippen molar-refractivity contribution in [2.45, 2.75) is 25.0 Å². The Bertz CT molecular complexity index is 677. The molecule has 0 atom stereocenters. The number of carbonyl (C=O) groups is 2. The quantitative estimate of drug-likeness (QED) is 0.568. The first kappa shape index (κ1) is 18.4. The summed E-state index contributed by atoms with van der Waals surface area (Å²) >= 11 is 0. The molecular weight excluding hydrogens is 338 g/mol. The molecule has 0 amide bonds. The number of benzene rings is 1. The number of esters is 2. The minimum absolute atomic E-state index is 0.109. The van der Waals surface area contributed by atoms with E-state index in [1.54, 1.807) is 0 Å². The van der Waals surface area contributed by atoms with E-state index in [1.807, 2.05) is 0 Å². The SMILES string of the molecule is CC(=O)OC(OC(C)=O)c1ccc(S(=O)(=O)N2CCOCC2)cc1. The van der Waals surface area contributed by atoms with Crippen molar-refractivity contribution in [2.24, 2.45) is 0 Å². The average Bonchev–Trinajstić information content (AvgIpc) is 2.54. The Balaban J connectivity index is 2.21. The van der Waals surface area contributed by atoms with Gasteiger partial charge in [0.15, 0.2) is 0 Å². The van der Waals surface area contributed by atoms with Crippen LogP contribution in [-0.2, 0) is 33.8 Å². The van der Waals surface area contributed by atoms with Crippen molar-refractivity contribution in [3.8, 4) is 0 Å². The normalized spacial score (nSPS) is 16.0. The van der Waals surface area contributed by atoms with E-state index in [9.17, 15) is 18.0 Å². The van der Waals surface area contributed by atoms with E-state index < -0.39 is 28.3 Å². The lowest BCUT2D eigenvalue weighted by molar-refractivity contribution is -0.186. The molecule has 0 N–H and O–H groups in total. The van der Waals surface area contributed by atoms with Crippen LogP contribution in [0.5, 0.6) is 0 Å². The Morgan fingerprint density at radius 2 is 1.54 bits per heavy atom. The number of nitrogens with zero attached hydrogens (tertiary/aromatic N) is 1. The number of sulfonamides is 1. The highest BCUT2D eigenvalue weighted by Gasteiger charge is 2.27. The van der Waals surface area contributed by atoms with Crippen LogP contribution in [0.15, 0.2) is 29.2 Å². The molecule has 132 valence electrons. The van der Waals surface area contributed by atoms with Crippen molar-refractivity contribution in [1.29, 1.82) is 0 Å². The molecule has 1 fully saturated rings. The van der Waals surface area contributed by atoms with Crippen molar-refractivity contribution < 1.29 is 32.2 Å². The van der Waals surface area contributed by atoms with Gasteiger partial charge in [-0.15, -0.1) is 0 Å². The second kappa shape index (κ2) is 7.73. The Hall–Kier alpha value is -1.97. The predicted molar refractivity (Wildman–Crippen MR) is 82.3 cm³/mol. The molecule has 1 aromatic carbocycles. The van der Waals surface area contributed by atoms with Gasteiger partial charge in [0.25, 0.3) is 6.29 Å². The summed E-state index contributed by atoms with van der Waals surface area (Å²) in [4.78, 5) is 22.3. The first-order valence-corrected chi connectivity index (χ1v) is 8.77. The summed E-state index contributed by atoms with van der Waals surface area (Å²) < 4.78 is 41.4. The zero-order valence-corrected chi connectivity index (χ0v) is 14.2. The van der Waals surface area contributed by atoms with E-state index >= 15 is 0 Å². The minimum Gasteiger partial charge on any atom is -0.421 e. The Morgan fingerprint density at radius 3 is 2.00 bits per heavy atom. The lowest BCUT2D eigenvalue weighted by Gasteiger charge is -2.26.